The van der Waals surface area contributed by atoms with Crippen LogP contribution in [0.3, 0.4) is 0 Å². The number of halogens is 1. The van der Waals surface area contributed by atoms with Gasteiger partial charge in [0.05, 0.1) is 0 Å². The molecule has 0 fully saturated rings. The molecule has 0 unspecified atom stereocenters. The van der Waals surface area contributed by atoms with Gasteiger partial charge in [0.15, 0.2) is 5.70 Å². The smallest absolute Gasteiger partial charge is 0.363 e. The highest BCUT2D eigenvalue weighted by Gasteiger charge is 2.24. The highest BCUT2D eigenvalue weighted by atomic mass is 79.9. The van der Waals surface area contributed by atoms with Crippen LogP contribution in [0.4, 0.5) is 0 Å². The van der Waals surface area contributed by atoms with Gasteiger partial charge < -0.3 is 9.47 Å². The van der Waals surface area contributed by atoms with E-state index in [1.807, 2.05) is 42.5 Å². The lowest BCUT2D eigenvalue weighted by atomic mass is 10.1. The van der Waals surface area contributed by atoms with Gasteiger partial charge in [0, 0.05) is 21.7 Å². The molecule has 1 heterocycles. The molecule has 1 aliphatic heterocycles. The van der Waals surface area contributed by atoms with E-state index < -0.39 is 11.9 Å². The van der Waals surface area contributed by atoms with Gasteiger partial charge in [0.25, 0.3) is 0 Å². The number of cyclic esters (lactones) is 1. The zero-order valence-corrected chi connectivity index (χ0v) is 17.8. The quantitative estimate of drug-likeness (QED) is 0.282. The van der Waals surface area contributed by atoms with Gasteiger partial charge in [0.1, 0.15) is 5.75 Å². The maximum absolute atomic E-state index is 12.3. The van der Waals surface area contributed by atoms with Crippen LogP contribution in [-0.2, 0) is 14.3 Å². The Morgan fingerprint density at radius 3 is 2.42 bits per heavy atom. The summed E-state index contributed by atoms with van der Waals surface area (Å²) in [4.78, 5) is 28.8. The second-order valence-electron chi connectivity index (χ2n) is 6.55. The lowest BCUT2D eigenvalue weighted by Gasteiger charge is -2.05. The molecule has 0 aromatic heterocycles. The van der Waals surface area contributed by atoms with Crippen molar-refractivity contribution in [1.82, 2.24) is 0 Å². The van der Waals surface area contributed by atoms with Gasteiger partial charge in [-0.1, -0.05) is 64.5 Å². The van der Waals surface area contributed by atoms with Crippen molar-refractivity contribution < 1.29 is 19.1 Å². The molecular formula is C25H16BrNO4. The molecule has 6 heteroatoms. The number of hydrogen-bond donors (Lipinski definition) is 0. The molecule has 3 aromatic carbocycles. The molecule has 3 aromatic rings. The molecule has 152 valence electrons. The third kappa shape index (κ3) is 5.24. The van der Waals surface area contributed by atoms with E-state index in [2.05, 4.69) is 20.9 Å². The first-order chi connectivity index (χ1) is 15.1. The van der Waals surface area contributed by atoms with Gasteiger partial charge >= 0.3 is 11.9 Å². The fourth-order valence-electron chi connectivity index (χ4n) is 2.84. The van der Waals surface area contributed by atoms with Crippen molar-refractivity contribution in [2.75, 3.05) is 0 Å². The highest BCUT2D eigenvalue weighted by molar-refractivity contribution is 9.10. The molecule has 1 aliphatic rings. The summed E-state index contributed by atoms with van der Waals surface area (Å²) in [5.41, 5.74) is 2.24. The predicted molar refractivity (Wildman–Crippen MR) is 122 cm³/mol. The Morgan fingerprint density at radius 1 is 0.935 bits per heavy atom. The summed E-state index contributed by atoms with van der Waals surface area (Å²) in [6.07, 6.45) is 4.57. The van der Waals surface area contributed by atoms with E-state index in [9.17, 15) is 9.59 Å². The summed E-state index contributed by atoms with van der Waals surface area (Å²) in [5.74, 6) is -0.549. The molecule has 0 radical (unpaired) electrons. The molecular weight excluding hydrogens is 458 g/mol. The molecule has 0 atom stereocenters. The third-order valence-corrected chi connectivity index (χ3v) is 4.87. The topological polar surface area (TPSA) is 65.0 Å². The van der Waals surface area contributed by atoms with Crippen LogP contribution in [0.15, 0.2) is 100 Å². The van der Waals surface area contributed by atoms with Crippen LogP contribution in [0.2, 0.25) is 0 Å². The maximum Gasteiger partial charge on any atom is 0.363 e. The lowest BCUT2D eigenvalue weighted by Crippen LogP contribution is -2.06. The molecule has 0 amide bonds. The van der Waals surface area contributed by atoms with Crippen LogP contribution in [0.5, 0.6) is 5.75 Å². The largest absolute Gasteiger partial charge is 0.423 e. The monoisotopic (exact) mass is 473 g/mol. The average molecular weight is 474 g/mol. The number of ether oxygens (including phenoxy) is 2. The number of hydrogen-bond acceptors (Lipinski definition) is 5. The van der Waals surface area contributed by atoms with Crippen molar-refractivity contribution in [2.24, 2.45) is 4.99 Å². The standard InChI is InChI=1S/C25H16BrNO4/c26-20-13-11-18(12-14-20)24-27-21(25(29)31-24)16-19-8-4-5-9-22(19)30-23(28)15-10-17-6-2-1-3-7-17/h1-16H/b15-10+,21-16+. The van der Waals surface area contributed by atoms with Crippen molar-refractivity contribution in [3.8, 4) is 5.75 Å². The van der Waals surface area contributed by atoms with Crippen LogP contribution >= 0.6 is 15.9 Å². The molecule has 0 bridgehead atoms. The van der Waals surface area contributed by atoms with Crippen molar-refractivity contribution in [3.05, 3.63) is 112 Å². The number of para-hydroxylation sites is 1. The van der Waals surface area contributed by atoms with Gasteiger partial charge in [-0.2, -0.15) is 0 Å². The Morgan fingerprint density at radius 2 is 1.65 bits per heavy atom. The fraction of sp³-hybridized carbons (Fsp3) is 0. The van der Waals surface area contributed by atoms with E-state index in [0.717, 1.165) is 10.0 Å². The number of esters is 2. The minimum atomic E-state index is -0.567. The molecule has 0 saturated carbocycles. The molecule has 31 heavy (non-hydrogen) atoms. The first kappa shape index (κ1) is 20.5. The van der Waals surface area contributed by atoms with Crippen molar-refractivity contribution in [2.45, 2.75) is 0 Å². The lowest BCUT2D eigenvalue weighted by molar-refractivity contribution is -0.130. The van der Waals surface area contributed by atoms with Gasteiger partial charge in [-0.05, 0) is 48.0 Å². The second kappa shape index (κ2) is 9.36. The molecule has 5 nitrogen and oxygen atoms in total. The van der Waals surface area contributed by atoms with Crippen molar-refractivity contribution >= 4 is 45.9 Å². The van der Waals surface area contributed by atoms with Crippen LogP contribution in [-0.4, -0.2) is 17.8 Å². The highest BCUT2D eigenvalue weighted by Crippen LogP contribution is 2.25. The van der Waals surface area contributed by atoms with Crippen LogP contribution in [0, 0.1) is 0 Å². The Balaban J connectivity index is 1.55. The summed E-state index contributed by atoms with van der Waals surface area (Å²) in [6.45, 7) is 0. The molecule has 0 aliphatic carbocycles. The number of rotatable bonds is 5. The zero-order chi connectivity index (χ0) is 21.6. The minimum Gasteiger partial charge on any atom is -0.423 e. The average Bonchev–Trinajstić information content (AvgIpc) is 3.15. The Labute approximate surface area is 187 Å². The number of carbonyl (C=O) groups excluding carboxylic acids is 2. The van der Waals surface area contributed by atoms with Gasteiger partial charge in [-0.3, -0.25) is 0 Å². The van der Waals surface area contributed by atoms with E-state index in [1.165, 1.54) is 12.2 Å². The number of nitrogens with zero attached hydrogens (tertiary/aromatic N) is 1. The summed E-state index contributed by atoms with van der Waals surface area (Å²) in [6, 6.07) is 23.6. The minimum absolute atomic E-state index is 0.126. The van der Waals surface area contributed by atoms with E-state index in [-0.39, 0.29) is 11.6 Å². The maximum atomic E-state index is 12.3. The third-order valence-electron chi connectivity index (χ3n) is 4.34. The second-order valence-corrected chi connectivity index (χ2v) is 7.46. The SMILES string of the molecule is O=C(/C=C/c1ccccc1)Oc1ccccc1/C=C1/N=C(c2ccc(Br)cc2)OC1=O. The summed E-state index contributed by atoms with van der Waals surface area (Å²) in [7, 11) is 0. The van der Waals surface area contributed by atoms with Crippen LogP contribution in [0.1, 0.15) is 16.7 Å². The van der Waals surface area contributed by atoms with Gasteiger partial charge in [-0.25, -0.2) is 14.6 Å². The fourth-order valence-corrected chi connectivity index (χ4v) is 3.10. The summed E-state index contributed by atoms with van der Waals surface area (Å²) >= 11 is 3.37. The number of aliphatic imine (C=N–C) groups is 1. The van der Waals surface area contributed by atoms with Crippen LogP contribution < -0.4 is 4.74 Å². The van der Waals surface area contributed by atoms with Gasteiger partial charge in [0.2, 0.25) is 5.90 Å². The number of carbonyl (C=O) groups is 2. The molecule has 0 spiro atoms. The van der Waals surface area contributed by atoms with Crippen LogP contribution in [0.25, 0.3) is 12.2 Å². The Bertz CT molecular complexity index is 1210. The van der Waals surface area contributed by atoms with E-state index in [0.29, 0.717) is 16.9 Å². The van der Waals surface area contributed by atoms with E-state index >= 15 is 0 Å². The van der Waals surface area contributed by atoms with Crippen molar-refractivity contribution in [1.29, 1.82) is 0 Å². The van der Waals surface area contributed by atoms with E-state index in [1.54, 1.807) is 42.5 Å². The normalized spacial score (nSPS) is 14.5. The molecule has 0 N–H and O–H groups in total. The number of benzene rings is 3. The molecule has 0 saturated heterocycles. The molecule has 4 rings (SSSR count). The summed E-state index contributed by atoms with van der Waals surface area (Å²) in [5, 5.41) is 0. The Hall–Kier alpha value is -3.77. The summed E-state index contributed by atoms with van der Waals surface area (Å²) < 4.78 is 11.7. The Kier molecular flexibility index (Phi) is 6.19. The zero-order valence-electron chi connectivity index (χ0n) is 16.2. The van der Waals surface area contributed by atoms with E-state index in [4.69, 9.17) is 9.47 Å². The first-order valence-corrected chi connectivity index (χ1v) is 10.2. The van der Waals surface area contributed by atoms with Crippen molar-refractivity contribution in [3.63, 3.8) is 0 Å². The van der Waals surface area contributed by atoms with Gasteiger partial charge in [-0.15, -0.1) is 0 Å². The first-order valence-electron chi connectivity index (χ1n) is 9.41. The predicted octanol–water partition coefficient (Wildman–Crippen LogP) is 5.41.